The molecule has 2 unspecified atom stereocenters. The lowest BCUT2D eigenvalue weighted by Gasteiger charge is -2.46. The fraction of sp³-hybridized carbons (Fsp3) is 0.938. The largest absolute Gasteiger partial charge is 0.444 e. The van der Waals surface area contributed by atoms with Gasteiger partial charge >= 0.3 is 6.09 Å². The molecule has 0 heterocycles. The molecule has 5 nitrogen and oxygen atoms in total. The molecule has 2 rings (SSSR count). The lowest BCUT2D eigenvalue weighted by Crippen LogP contribution is -2.46. The van der Waals surface area contributed by atoms with E-state index in [4.69, 9.17) is 4.74 Å². The maximum absolute atomic E-state index is 11.8. The van der Waals surface area contributed by atoms with Gasteiger partial charge in [0.1, 0.15) is 5.60 Å². The topological polar surface area (TPSA) is 78.8 Å². The predicted octanol–water partition coefficient (Wildman–Crippen LogP) is 2.35. The van der Waals surface area contributed by atoms with Crippen molar-refractivity contribution in [3.8, 4) is 0 Å². The Balaban J connectivity index is 1.82. The molecule has 1 spiro atoms. The van der Waals surface area contributed by atoms with E-state index in [0.717, 1.165) is 38.5 Å². The van der Waals surface area contributed by atoms with Crippen LogP contribution < -0.4 is 5.32 Å². The maximum atomic E-state index is 11.8. The van der Waals surface area contributed by atoms with Gasteiger partial charge in [-0.2, -0.15) is 0 Å². The second kappa shape index (κ2) is 6.13. The molecule has 0 aliphatic heterocycles. The molecule has 5 heteroatoms. The summed E-state index contributed by atoms with van der Waals surface area (Å²) in [5.74, 6) is 0. The van der Waals surface area contributed by atoms with Crippen molar-refractivity contribution in [1.29, 1.82) is 0 Å². The summed E-state index contributed by atoms with van der Waals surface area (Å²) in [7, 11) is 0. The zero-order valence-electron chi connectivity index (χ0n) is 13.4. The van der Waals surface area contributed by atoms with Crippen LogP contribution in [0.15, 0.2) is 0 Å². The molecular formula is C16H29NO4. The number of hydrogen-bond acceptors (Lipinski definition) is 4. The smallest absolute Gasteiger partial charge is 0.407 e. The van der Waals surface area contributed by atoms with Gasteiger partial charge in [-0.1, -0.05) is 0 Å². The van der Waals surface area contributed by atoms with Crippen LogP contribution in [0.25, 0.3) is 0 Å². The summed E-state index contributed by atoms with van der Waals surface area (Å²) < 4.78 is 5.28. The highest BCUT2D eigenvalue weighted by Crippen LogP contribution is 2.47. The molecule has 2 saturated carbocycles. The molecule has 3 N–H and O–H groups in total. The SMILES string of the molecule is CC(C)(C)OC(=O)NC1CCC2(CC1)CC(O)CC(O)C2. The number of rotatable bonds is 1. The molecule has 122 valence electrons. The standard InChI is InChI=1S/C16H29NO4/c1-15(2,3)21-14(20)17-11-4-6-16(7-5-11)9-12(18)8-13(19)10-16/h11-13,18-19H,4-10H2,1-3H3,(H,17,20). The van der Waals surface area contributed by atoms with Crippen LogP contribution in [0.2, 0.25) is 0 Å². The van der Waals surface area contributed by atoms with E-state index in [9.17, 15) is 15.0 Å². The fourth-order valence-electron chi connectivity index (χ4n) is 3.82. The summed E-state index contributed by atoms with van der Waals surface area (Å²) in [6, 6.07) is 0.140. The molecule has 0 saturated heterocycles. The maximum Gasteiger partial charge on any atom is 0.407 e. The summed E-state index contributed by atoms with van der Waals surface area (Å²) in [4.78, 5) is 11.8. The first-order valence-corrected chi connectivity index (χ1v) is 8.03. The van der Waals surface area contributed by atoms with Crippen LogP contribution in [-0.4, -0.2) is 40.2 Å². The molecule has 0 radical (unpaired) electrons. The Morgan fingerprint density at radius 3 is 2.14 bits per heavy atom. The van der Waals surface area contributed by atoms with Crippen LogP contribution in [0.1, 0.15) is 65.7 Å². The Bertz CT molecular complexity index is 357. The van der Waals surface area contributed by atoms with E-state index < -0.39 is 5.60 Å². The van der Waals surface area contributed by atoms with E-state index in [2.05, 4.69) is 5.32 Å². The molecule has 21 heavy (non-hydrogen) atoms. The zero-order chi connectivity index (χ0) is 15.7. The lowest BCUT2D eigenvalue weighted by atomic mass is 9.63. The van der Waals surface area contributed by atoms with Crippen LogP contribution in [0.4, 0.5) is 4.79 Å². The van der Waals surface area contributed by atoms with Gasteiger partial charge in [-0.3, -0.25) is 0 Å². The minimum atomic E-state index is -0.475. The fourth-order valence-corrected chi connectivity index (χ4v) is 3.82. The number of nitrogens with one attached hydrogen (secondary N) is 1. The third kappa shape index (κ3) is 4.85. The lowest BCUT2D eigenvalue weighted by molar-refractivity contribution is -0.0476. The highest BCUT2D eigenvalue weighted by Gasteiger charge is 2.42. The minimum Gasteiger partial charge on any atom is -0.444 e. The van der Waals surface area contributed by atoms with Gasteiger partial charge in [-0.25, -0.2) is 4.79 Å². The van der Waals surface area contributed by atoms with Crippen molar-refractivity contribution >= 4 is 6.09 Å². The van der Waals surface area contributed by atoms with Gasteiger partial charge in [0.15, 0.2) is 0 Å². The zero-order valence-corrected chi connectivity index (χ0v) is 13.4. The van der Waals surface area contributed by atoms with Gasteiger partial charge in [0, 0.05) is 6.04 Å². The molecule has 0 aromatic heterocycles. The van der Waals surface area contributed by atoms with E-state index in [1.165, 1.54) is 0 Å². The van der Waals surface area contributed by atoms with Crippen LogP contribution in [0.3, 0.4) is 0 Å². The van der Waals surface area contributed by atoms with E-state index in [0.29, 0.717) is 6.42 Å². The summed E-state index contributed by atoms with van der Waals surface area (Å²) in [6.45, 7) is 5.56. The van der Waals surface area contributed by atoms with Gasteiger partial charge in [0.25, 0.3) is 0 Å². The third-order valence-corrected chi connectivity index (χ3v) is 4.65. The first kappa shape index (κ1) is 16.6. The summed E-state index contributed by atoms with van der Waals surface area (Å²) in [5, 5.41) is 22.7. The molecule has 2 aliphatic carbocycles. The third-order valence-electron chi connectivity index (χ3n) is 4.65. The van der Waals surface area contributed by atoms with Gasteiger partial charge < -0.3 is 20.3 Å². The van der Waals surface area contributed by atoms with Crippen molar-refractivity contribution in [3.05, 3.63) is 0 Å². The molecule has 2 fully saturated rings. The molecule has 0 bridgehead atoms. The molecule has 1 amide bonds. The van der Waals surface area contributed by atoms with Gasteiger partial charge in [0.05, 0.1) is 12.2 Å². The average molecular weight is 299 g/mol. The van der Waals surface area contributed by atoms with E-state index in [1.54, 1.807) is 0 Å². The summed E-state index contributed by atoms with van der Waals surface area (Å²) in [6.07, 6.45) is 4.61. The number of amides is 1. The van der Waals surface area contributed by atoms with Crippen LogP contribution >= 0.6 is 0 Å². The number of ether oxygens (including phenoxy) is 1. The molecular weight excluding hydrogens is 270 g/mol. The van der Waals surface area contributed by atoms with Crippen LogP contribution in [-0.2, 0) is 4.74 Å². The van der Waals surface area contributed by atoms with Crippen molar-refractivity contribution in [2.75, 3.05) is 0 Å². The Kier molecular flexibility index (Phi) is 4.83. The van der Waals surface area contributed by atoms with Crippen LogP contribution in [0.5, 0.6) is 0 Å². The van der Waals surface area contributed by atoms with Crippen LogP contribution in [0, 0.1) is 5.41 Å². The minimum absolute atomic E-state index is 0.0587. The quantitative estimate of drug-likeness (QED) is 0.694. The van der Waals surface area contributed by atoms with E-state index >= 15 is 0 Å². The summed E-state index contributed by atoms with van der Waals surface area (Å²) in [5.41, 5.74) is -0.416. The Hall–Kier alpha value is -0.810. The van der Waals surface area contributed by atoms with Crippen molar-refractivity contribution < 1.29 is 19.7 Å². The van der Waals surface area contributed by atoms with Gasteiger partial charge in [0.2, 0.25) is 0 Å². The van der Waals surface area contributed by atoms with Crippen molar-refractivity contribution in [2.45, 2.75) is 89.6 Å². The average Bonchev–Trinajstić information content (AvgIpc) is 2.28. The number of aliphatic hydroxyl groups excluding tert-OH is 2. The Labute approximate surface area is 127 Å². The highest BCUT2D eigenvalue weighted by molar-refractivity contribution is 5.68. The first-order valence-electron chi connectivity index (χ1n) is 8.03. The molecule has 0 aromatic carbocycles. The predicted molar refractivity (Wildman–Crippen MR) is 79.9 cm³/mol. The van der Waals surface area contributed by atoms with Crippen molar-refractivity contribution in [2.24, 2.45) is 5.41 Å². The molecule has 0 aromatic rings. The second-order valence-corrected chi connectivity index (χ2v) is 7.87. The van der Waals surface area contributed by atoms with Gasteiger partial charge in [-0.15, -0.1) is 0 Å². The van der Waals surface area contributed by atoms with Gasteiger partial charge in [-0.05, 0) is 71.1 Å². The molecule has 2 aliphatic rings. The number of hydrogen-bond donors (Lipinski definition) is 3. The Morgan fingerprint density at radius 2 is 1.67 bits per heavy atom. The van der Waals surface area contributed by atoms with Crippen molar-refractivity contribution in [3.63, 3.8) is 0 Å². The number of carbonyl (C=O) groups excluding carboxylic acids is 1. The highest BCUT2D eigenvalue weighted by atomic mass is 16.6. The number of alkyl carbamates (subject to hydrolysis) is 1. The Morgan fingerprint density at radius 1 is 1.14 bits per heavy atom. The van der Waals surface area contributed by atoms with E-state index in [1.807, 2.05) is 20.8 Å². The summed E-state index contributed by atoms with van der Waals surface area (Å²) >= 11 is 0. The van der Waals surface area contributed by atoms with E-state index in [-0.39, 0.29) is 29.8 Å². The second-order valence-electron chi connectivity index (χ2n) is 7.87. The van der Waals surface area contributed by atoms with Crippen molar-refractivity contribution in [1.82, 2.24) is 5.32 Å². The normalized spacial score (nSPS) is 37.3. The monoisotopic (exact) mass is 299 g/mol. The first-order chi connectivity index (χ1) is 9.67. The number of aliphatic hydroxyl groups is 2. The number of carbonyl (C=O) groups is 1. The molecule has 2 atom stereocenters.